The Morgan fingerprint density at radius 3 is 2.07 bits per heavy atom. The predicted molar refractivity (Wildman–Crippen MR) is 191 cm³/mol. The van der Waals surface area contributed by atoms with Crippen LogP contribution in [0.5, 0.6) is 11.6 Å². The molecule has 1 amide bonds. The molecule has 30 heteroatoms. The van der Waals surface area contributed by atoms with Crippen LogP contribution < -0.4 is 21.9 Å². The molecule has 4 rings (SSSR count). The van der Waals surface area contributed by atoms with E-state index < -0.39 is 130 Å². The molecule has 4 aromatic rings. The van der Waals surface area contributed by atoms with Gasteiger partial charge in [0.15, 0.2) is 21.3 Å². The molecule has 0 aliphatic heterocycles. The lowest BCUT2D eigenvalue weighted by Gasteiger charge is -2.14. The van der Waals surface area contributed by atoms with Gasteiger partial charge in [-0.05, 0) is 55.8 Å². The van der Waals surface area contributed by atoms with E-state index >= 15 is 0 Å². The molecular weight excluding hydrogens is 858 g/mol. The number of phenols is 1. The Bertz CT molecular complexity index is 2820. The zero-order chi connectivity index (χ0) is 42.1. The van der Waals surface area contributed by atoms with Crippen LogP contribution in [0.2, 0.25) is 5.28 Å². The number of hydrogen-bond acceptors (Lipinski definition) is 20. The summed E-state index contributed by atoms with van der Waals surface area (Å²) in [6.07, 6.45) is 0. The summed E-state index contributed by atoms with van der Waals surface area (Å²) in [5, 5.41) is 32.6. The zero-order valence-corrected chi connectivity index (χ0v) is 32.0. The van der Waals surface area contributed by atoms with E-state index in [9.17, 15) is 62.6 Å². The number of benzene rings is 2. The van der Waals surface area contributed by atoms with Crippen molar-refractivity contribution in [3.63, 3.8) is 0 Å². The normalized spacial score (nSPS) is 12.5. The zero-order valence-electron chi connectivity index (χ0n) is 28.0. The molecular formula is C26H26ClN9O16S4. The maximum Gasteiger partial charge on any atom is 0.397 e. The van der Waals surface area contributed by atoms with Gasteiger partial charge in [-0.3, -0.25) is 27.8 Å². The second-order valence-electron chi connectivity index (χ2n) is 10.8. The van der Waals surface area contributed by atoms with Crippen LogP contribution in [0.15, 0.2) is 60.0 Å². The number of carbonyl (C=O) groups excluding carboxylic acids is 1. The number of phenolic OH excluding ortho intramolecular Hbond substituents is 1. The minimum Gasteiger partial charge on any atom is -0.504 e. The van der Waals surface area contributed by atoms with Crippen molar-refractivity contribution in [2.24, 2.45) is 16.0 Å². The molecule has 9 N–H and O–H groups in total. The first-order valence-corrected chi connectivity index (χ1v) is 20.9. The number of sulfone groups is 1. The summed E-state index contributed by atoms with van der Waals surface area (Å²) in [6, 6.07) is 3.94. The van der Waals surface area contributed by atoms with Crippen LogP contribution in [0, 0.1) is 6.92 Å². The number of nitrogens with two attached hydrogens (primary N) is 1. The van der Waals surface area contributed by atoms with E-state index in [1.807, 2.05) is 0 Å². The van der Waals surface area contributed by atoms with Crippen LogP contribution >= 0.6 is 11.6 Å². The van der Waals surface area contributed by atoms with Crippen molar-refractivity contribution in [2.75, 3.05) is 23.0 Å². The molecule has 2 aromatic carbocycles. The summed E-state index contributed by atoms with van der Waals surface area (Å²) in [5.41, 5.74) is 1.80. The molecule has 2 heterocycles. The number of carbonyl (C=O) groups is 1. The summed E-state index contributed by atoms with van der Waals surface area (Å²) in [4.78, 5) is 33.2. The van der Waals surface area contributed by atoms with Crippen molar-refractivity contribution in [3.8, 4) is 11.6 Å². The van der Waals surface area contributed by atoms with Gasteiger partial charge in [0.2, 0.25) is 23.1 Å². The third kappa shape index (κ3) is 10.1. The maximum absolute atomic E-state index is 12.9. The van der Waals surface area contributed by atoms with Crippen LogP contribution in [0.25, 0.3) is 0 Å². The molecule has 0 fully saturated rings. The number of aromatic hydroxyl groups is 2. The molecule has 0 unspecified atom stereocenters. The maximum atomic E-state index is 12.9. The van der Waals surface area contributed by atoms with Crippen LogP contribution in [-0.4, -0.2) is 95.3 Å². The lowest BCUT2D eigenvalue weighted by atomic mass is 10.1. The van der Waals surface area contributed by atoms with Crippen molar-refractivity contribution in [1.29, 1.82) is 0 Å². The van der Waals surface area contributed by atoms with Crippen molar-refractivity contribution < 1.29 is 66.5 Å². The number of nitrogens with one attached hydrogen (secondary N) is 2. The van der Waals surface area contributed by atoms with Gasteiger partial charge in [0, 0.05) is 17.8 Å². The lowest BCUT2D eigenvalue weighted by Crippen LogP contribution is -2.25. The van der Waals surface area contributed by atoms with Crippen LogP contribution in [0.3, 0.4) is 0 Å². The fourth-order valence-corrected chi connectivity index (χ4v) is 7.68. The molecule has 0 aliphatic rings. The molecule has 0 spiro atoms. The Morgan fingerprint density at radius 1 is 0.911 bits per heavy atom. The highest BCUT2D eigenvalue weighted by molar-refractivity contribution is 7.91. The van der Waals surface area contributed by atoms with Gasteiger partial charge in [-0.1, -0.05) is 0 Å². The summed E-state index contributed by atoms with van der Waals surface area (Å²) in [5.74, 6) is -5.36. The second kappa shape index (κ2) is 16.0. The van der Waals surface area contributed by atoms with Gasteiger partial charge in [-0.25, -0.2) is 12.6 Å². The van der Waals surface area contributed by atoms with Gasteiger partial charge in [0.25, 0.3) is 31.7 Å². The number of aromatic nitrogens is 4. The largest absolute Gasteiger partial charge is 0.504 e. The standard InChI is InChI=1S/C26H26ClN9O16S4/c1-3-36-22(39)18(21(28)38)11(2)19(23(36)40)35-34-14-5-4-12(8-16(14)54(43,44)45)29-25-31-24(27)32-26(33-25)30-15-9-13(10-17(20(15)37)55(46,47)48)53(41,42)7-6-52-56(49,50)51/h4-5,8-10,37,39H,3,6-7H2,1-2H3,(H2,28,38)(H,43,44,45)(H,46,47,48)(H,49,50,51)(H2,29,30,31,32,33). The molecule has 302 valence electrons. The Labute approximate surface area is 320 Å². The summed E-state index contributed by atoms with van der Waals surface area (Å²) in [6.45, 7) is 1.45. The van der Waals surface area contributed by atoms with Crippen molar-refractivity contribution in [1.82, 2.24) is 19.5 Å². The van der Waals surface area contributed by atoms with E-state index in [1.165, 1.54) is 13.8 Å². The first-order chi connectivity index (χ1) is 25.7. The predicted octanol–water partition coefficient (Wildman–Crippen LogP) is 1.51. The molecule has 0 atom stereocenters. The van der Waals surface area contributed by atoms with Gasteiger partial charge >= 0.3 is 10.4 Å². The third-order valence-corrected chi connectivity index (χ3v) is 11.1. The van der Waals surface area contributed by atoms with Crippen molar-refractivity contribution in [2.45, 2.75) is 35.1 Å². The SMILES string of the molecule is CCn1c(O)c(C(N)=O)c(C)c(N=Nc2ccc(Nc3nc(Cl)nc(Nc4cc(S(=O)(=O)CCOS(=O)(=O)O)cc(S(=O)(=O)O)c4O)n3)cc2S(=O)(=O)O)c1=O. The molecule has 56 heavy (non-hydrogen) atoms. The molecule has 0 bridgehead atoms. The highest BCUT2D eigenvalue weighted by Gasteiger charge is 2.27. The topological polar surface area (TPSA) is 399 Å². The number of halogens is 1. The molecule has 25 nitrogen and oxygen atoms in total. The van der Waals surface area contributed by atoms with E-state index in [2.05, 4.69) is 40.0 Å². The third-order valence-electron chi connectivity index (χ3n) is 7.10. The number of hydrogen-bond donors (Lipinski definition) is 8. The van der Waals surface area contributed by atoms with Crippen LogP contribution in [0.4, 0.5) is 34.6 Å². The Kier molecular flexibility index (Phi) is 12.4. The molecule has 2 aromatic heterocycles. The van der Waals surface area contributed by atoms with E-state index in [1.54, 1.807) is 0 Å². The number of azo groups is 1. The Morgan fingerprint density at radius 2 is 1.52 bits per heavy atom. The number of amides is 1. The number of nitrogens with zero attached hydrogens (tertiary/aromatic N) is 6. The average molecular weight is 884 g/mol. The monoisotopic (exact) mass is 883 g/mol. The number of rotatable bonds is 15. The first kappa shape index (κ1) is 43.3. The van der Waals surface area contributed by atoms with E-state index in [-0.39, 0.29) is 17.8 Å². The number of anilines is 4. The Balaban J connectivity index is 1.73. The molecule has 0 saturated carbocycles. The van der Waals surface area contributed by atoms with Gasteiger partial charge in [-0.15, -0.1) is 10.2 Å². The van der Waals surface area contributed by atoms with Crippen molar-refractivity contribution >= 4 is 92.6 Å². The Hall–Kier alpha value is -5.40. The van der Waals surface area contributed by atoms with Gasteiger partial charge in [0.05, 0.1) is 22.9 Å². The average Bonchev–Trinajstić information content (AvgIpc) is 3.04. The van der Waals surface area contributed by atoms with Crippen molar-refractivity contribution in [3.05, 3.63) is 57.1 Å². The summed E-state index contributed by atoms with van der Waals surface area (Å²) in [7, 11) is -20.1. The first-order valence-electron chi connectivity index (χ1n) is 14.7. The summed E-state index contributed by atoms with van der Waals surface area (Å²) < 4.78 is 129. The molecule has 0 radical (unpaired) electrons. The van der Waals surface area contributed by atoms with Gasteiger partial charge in [-0.2, -0.15) is 40.2 Å². The fraction of sp³-hybridized carbons (Fsp3) is 0.192. The van der Waals surface area contributed by atoms with Gasteiger partial charge in [0.1, 0.15) is 21.0 Å². The minimum atomic E-state index is -5.33. The van der Waals surface area contributed by atoms with Crippen LogP contribution in [0.1, 0.15) is 22.8 Å². The minimum absolute atomic E-state index is 0.123. The molecule has 0 saturated heterocycles. The van der Waals surface area contributed by atoms with E-state index in [0.29, 0.717) is 12.1 Å². The quantitative estimate of drug-likeness (QED) is 0.0476. The molecule has 0 aliphatic carbocycles. The van der Waals surface area contributed by atoms with Gasteiger partial charge < -0.3 is 26.6 Å². The number of pyridine rings is 1. The highest BCUT2D eigenvalue weighted by Crippen LogP contribution is 2.37. The lowest BCUT2D eigenvalue weighted by molar-refractivity contribution is 0.0995. The smallest absolute Gasteiger partial charge is 0.397 e. The summed E-state index contributed by atoms with van der Waals surface area (Å²) >= 11 is 5.99. The number of primary amides is 1. The highest BCUT2D eigenvalue weighted by atomic mass is 35.5. The second-order valence-corrected chi connectivity index (χ2v) is 17.1. The fourth-order valence-electron chi connectivity index (χ4n) is 4.63. The van der Waals surface area contributed by atoms with E-state index in [0.717, 1.165) is 22.8 Å². The van der Waals surface area contributed by atoms with Crippen LogP contribution in [-0.2, 0) is 51.2 Å². The van der Waals surface area contributed by atoms with E-state index in [4.69, 9.17) is 21.9 Å².